The van der Waals surface area contributed by atoms with Crippen molar-refractivity contribution in [3.05, 3.63) is 47.2 Å². The number of esters is 1. The lowest BCUT2D eigenvalue weighted by atomic mass is 9.94. The summed E-state index contributed by atoms with van der Waals surface area (Å²) in [5.41, 5.74) is 1.98. The Kier molecular flexibility index (Phi) is 7.90. The Morgan fingerprint density at radius 3 is 2.31 bits per heavy atom. The van der Waals surface area contributed by atoms with Gasteiger partial charge in [-0.15, -0.1) is 0 Å². The van der Waals surface area contributed by atoms with Crippen molar-refractivity contribution in [3.63, 3.8) is 0 Å². The second-order valence-corrected chi connectivity index (χ2v) is 8.37. The van der Waals surface area contributed by atoms with E-state index in [1.165, 1.54) is 0 Å². The number of nitrogens with one attached hydrogen (secondary N) is 1. The van der Waals surface area contributed by atoms with Crippen LogP contribution in [0.15, 0.2) is 41.6 Å². The number of piperazine rings is 1. The molecule has 1 saturated heterocycles. The number of ether oxygens (including phenoxy) is 1. The highest BCUT2D eigenvalue weighted by Gasteiger charge is 2.38. The van der Waals surface area contributed by atoms with Crippen LogP contribution in [-0.4, -0.2) is 78.5 Å². The normalized spacial score (nSPS) is 19.9. The number of hydrogen-bond donors (Lipinski definition) is 1. The third-order valence-electron chi connectivity index (χ3n) is 5.93. The van der Waals surface area contributed by atoms with Gasteiger partial charge >= 0.3 is 12.0 Å². The average molecular weight is 443 g/mol. The van der Waals surface area contributed by atoms with Crippen LogP contribution in [0.1, 0.15) is 39.3 Å². The first-order valence-corrected chi connectivity index (χ1v) is 11.4. The standard InChI is InChI=1S/C24H34N4O4/c1-5-28-19(16-26-12-14-27(15-13-26)22(29)17(3)4)20(23(30)32-6-2)21(25-24(28)31)18-10-8-7-9-11-18/h7-11,17,21H,5-6,12-16H2,1-4H3,(H,25,31). The second kappa shape index (κ2) is 10.6. The summed E-state index contributed by atoms with van der Waals surface area (Å²) in [6.45, 7) is 11.3. The first-order valence-electron chi connectivity index (χ1n) is 11.4. The quantitative estimate of drug-likeness (QED) is 0.656. The molecule has 1 N–H and O–H groups in total. The number of hydrogen-bond acceptors (Lipinski definition) is 5. The summed E-state index contributed by atoms with van der Waals surface area (Å²) in [6.07, 6.45) is 0. The maximum absolute atomic E-state index is 13.1. The van der Waals surface area contributed by atoms with Gasteiger partial charge in [-0.25, -0.2) is 9.59 Å². The van der Waals surface area contributed by atoms with Gasteiger partial charge in [0.1, 0.15) is 0 Å². The molecular formula is C24H34N4O4. The Bertz CT molecular complexity index is 860. The molecule has 174 valence electrons. The maximum Gasteiger partial charge on any atom is 0.338 e. The summed E-state index contributed by atoms with van der Waals surface area (Å²) in [4.78, 5) is 44.1. The summed E-state index contributed by atoms with van der Waals surface area (Å²) < 4.78 is 5.41. The van der Waals surface area contributed by atoms with Gasteiger partial charge in [0.2, 0.25) is 5.91 Å². The van der Waals surface area contributed by atoms with Gasteiger partial charge in [0.25, 0.3) is 0 Å². The van der Waals surface area contributed by atoms with E-state index in [1.54, 1.807) is 11.8 Å². The largest absolute Gasteiger partial charge is 0.463 e. The minimum atomic E-state index is -0.565. The molecule has 0 bridgehead atoms. The first kappa shape index (κ1) is 23.8. The number of nitrogens with zero attached hydrogens (tertiary/aromatic N) is 3. The number of amides is 3. The third kappa shape index (κ3) is 5.12. The molecule has 0 aromatic heterocycles. The Balaban J connectivity index is 1.92. The van der Waals surface area contributed by atoms with Crippen LogP contribution in [0.5, 0.6) is 0 Å². The van der Waals surface area contributed by atoms with E-state index >= 15 is 0 Å². The molecule has 0 saturated carbocycles. The van der Waals surface area contributed by atoms with Gasteiger partial charge in [-0.1, -0.05) is 44.2 Å². The number of urea groups is 1. The van der Waals surface area contributed by atoms with Crippen molar-refractivity contribution in [2.45, 2.75) is 33.7 Å². The third-order valence-corrected chi connectivity index (χ3v) is 5.93. The zero-order valence-corrected chi connectivity index (χ0v) is 19.5. The molecule has 2 aliphatic heterocycles. The van der Waals surface area contributed by atoms with E-state index in [0.717, 1.165) is 5.56 Å². The topological polar surface area (TPSA) is 82.2 Å². The Morgan fingerprint density at radius 1 is 1.09 bits per heavy atom. The van der Waals surface area contributed by atoms with Crippen LogP contribution in [0.25, 0.3) is 0 Å². The summed E-state index contributed by atoms with van der Waals surface area (Å²) in [7, 11) is 0. The lowest BCUT2D eigenvalue weighted by Gasteiger charge is -2.40. The molecule has 3 rings (SSSR count). The molecule has 1 fully saturated rings. The van der Waals surface area contributed by atoms with E-state index in [2.05, 4.69) is 10.2 Å². The molecule has 0 spiro atoms. The minimum Gasteiger partial charge on any atom is -0.463 e. The maximum atomic E-state index is 13.1. The fourth-order valence-corrected chi connectivity index (χ4v) is 4.26. The van der Waals surface area contributed by atoms with Crippen LogP contribution in [-0.2, 0) is 14.3 Å². The first-order chi connectivity index (χ1) is 15.4. The molecular weight excluding hydrogens is 408 g/mol. The van der Waals surface area contributed by atoms with Crippen LogP contribution in [0, 0.1) is 5.92 Å². The van der Waals surface area contributed by atoms with Crippen molar-refractivity contribution in [1.82, 2.24) is 20.0 Å². The van der Waals surface area contributed by atoms with Gasteiger partial charge in [-0.3, -0.25) is 14.6 Å². The van der Waals surface area contributed by atoms with Gasteiger partial charge in [0, 0.05) is 50.9 Å². The summed E-state index contributed by atoms with van der Waals surface area (Å²) in [6, 6.07) is 8.70. The van der Waals surface area contributed by atoms with Crippen LogP contribution < -0.4 is 5.32 Å². The summed E-state index contributed by atoms with van der Waals surface area (Å²) >= 11 is 0. The summed E-state index contributed by atoms with van der Waals surface area (Å²) in [5, 5.41) is 2.98. The molecule has 32 heavy (non-hydrogen) atoms. The van der Waals surface area contributed by atoms with Gasteiger partial charge in [0.15, 0.2) is 0 Å². The van der Waals surface area contributed by atoms with Gasteiger partial charge in [-0.05, 0) is 19.4 Å². The van der Waals surface area contributed by atoms with Crippen molar-refractivity contribution < 1.29 is 19.1 Å². The molecule has 2 heterocycles. The predicted molar refractivity (Wildman–Crippen MR) is 122 cm³/mol. The highest BCUT2D eigenvalue weighted by molar-refractivity contribution is 5.95. The monoisotopic (exact) mass is 442 g/mol. The Labute approximate surface area is 190 Å². The van der Waals surface area contributed by atoms with E-state index < -0.39 is 12.0 Å². The van der Waals surface area contributed by atoms with E-state index in [4.69, 9.17) is 4.74 Å². The SMILES string of the molecule is CCOC(=O)C1=C(CN2CCN(C(=O)C(C)C)CC2)N(CC)C(=O)NC1c1ccccc1. The Morgan fingerprint density at radius 2 is 1.75 bits per heavy atom. The molecule has 0 aliphatic carbocycles. The van der Waals surface area contributed by atoms with Crippen LogP contribution >= 0.6 is 0 Å². The van der Waals surface area contributed by atoms with Crippen molar-refractivity contribution in [2.75, 3.05) is 45.9 Å². The predicted octanol–water partition coefficient (Wildman–Crippen LogP) is 2.39. The van der Waals surface area contributed by atoms with Gasteiger partial charge in [-0.2, -0.15) is 0 Å². The van der Waals surface area contributed by atoms with Crippen LogP contribution in [0.4, 0.5) is 4.79 Å². The van der Waals surface area contributed by atoms with E-state index in [1.807, 2.05) is 56.0 Å². The fourth-order valence-electron chi connectivity index (χ4n) is 4.26. The molecule has 1 unspecified atom stereocenters. The zero-order valence-electron chi connectivity index (χ0n) is 19.5. The number of likely N-dealkylation sites (N-methyl/N-ethyl adjacent to an activating group) is 1. The average Bonchev–Trinajstić information content (AvgIpc) is 2.79. The minimum absolute atomic E-state index is 0.0241. The van der Waals surface area contributed by atoms with E-state index in [-0.39, 0.29) is 24.5 Å². The van der Waals surface area contributed by atoms with Gasteiger partial charge < -0.3 is 15.0 Å². The highest BCUT2D eigenvalue weighted by atomic mass is 16.5. The molecule has 1 aromatic rings. The van der Waals surface area contributed by atoms with Crippen LogP contribution in [0.3, 0.4) is 0 Å². The summed E-state index contributed by atoms with van der Waals surface area (Å²) in [5.74, 6) is -0.278. The number of carbonyl (C=O) groups is 3. The number of benzene rings is 1. The van der Waals surface area contributed by atoms with Crippen molar-refractivity contribution in [1.29, 1.82) is 0 Å². The number of carbonyl (C=O) groups excluding carboxylic acids is 3. The highest BCUT2D eigenvalue weighted by Crippen LogP contribution is 2.32. The fraction of sp³-hybridized carbons (Fsp3) is 0.542. The second-order valence-electron chi connectivity index (χ2n) is 8.37. The van der Waals surface area contributed by atoms with Gasteiger partial charge in [0.05, 0.1) is 18.2 Å². The van der Waals surface area contributed by atoms with Crippen molar-refractivity contribution >= 4 is 17.9 Å². The molecule has 8 heteroatoms. The Hall–Kier alpha value is -2.87. The molecule has 8 nitrogen and oxygen atoms in total. The van der Waals surface area contributed by atoms with E-state index in [9.17, 15) is 14.4 Å². The molecule has 1 atom stereocenters. The van der Waals surface area contributed by atoms with Crippen molar-refractivity contribution in [2.24, 2.45) is 5.92 Å². The van der Waals surface area contributed by atoms with Crippen LogP contribution in [0.2, 0.25) is 0 Å². The molecule has 1 aromatic carbocycles. The molecule has 3 amide bonds. The lowest BCUT2D eigenvalue weighted by Crippen LogP contribution is -2.54. The molecule has 0 radical (unpaired) electrons. The smallest absolute Gasteiger partial charge is 0.338 e. The number of rotatable bonds is 7. The molecule has 2 aliphatic rings. The van der Waals surface area contributed by atoms with E-state index in [0.29, 0.717) is 50.5 Å². The zero-order chi connectivity index (χ0) is 23.3. The van der Waals surface area contributed by atoms with Crippen molar-refractivity contribution in [3.8, 4) is 0 Å². The lowest BCUT2D eigenvalue weighted by molar-refractivity contribution is -0.139.